The zero-order valence-electron chi connectivity index (χ0n) is 13.8. The molecular formula is C20H19N3O2. The number of aromatic nitrogens is 2. The van der Waals surface area contributed by atoms with Crippen molar-refractivity contribution in [1.29, 1.82) is 0 Å². The summed E-state index contributed by atoms with van der Waals surface area (Å²) in [6.45, 7) is 2.16. The summed E-state index contributed by atoms with van der Waals surface area (Å²) in [6.07, 6.45) is 2.36. The fourth-order valence-electron chi connectivity index (χ4n) is 3.75. The van der Waals surface area contributed by atoms with E-state index in [1.54, 1.807) is 0 Å². The molecule has 3 aromatic rings. The maximum absolute atomic E-state index is 5.89. The average Bonchev–Trinajstić information content (AvgIpc) is 3.01. The number of ether oxygens (including phenoxy) is 1. The van der Waals surface area contributed by atoms with Crippen LogP contribution in [0.1, 0.15) is 24.7 Å². The average molecular weight is 333 g/mol. The highest BCUT2D eigenvalue weighted by atomic mass is 16.5. The van der Waals surface area contributed by atoms with E-state index in [4.69, 9.17) is 9.26 Å². The fourth-order valence-corrected chi connectivity index (χ4v) is 3.75. The van der Waals surface area contributed by atoms with Crippen molar-refractivity contribution in [2.24, 2.45) is 5.41 Å². The first kappa shape index (κ1) is 14.7. The highest BCUT2D eigenvalue weighted by Gasteiger charge is 2.58. The Labute approximate surface area is 146 Å². The monoisotopic (exact) mass is 333 g/mol. The molecule has 2 aliphatic rings. The molecule has 1 aliphatic carbocycles. The third-order valence-electron chi connectivity index (χ3n) is 5.28. The van der Waals surface area contributed by atoms with Gasteiger partial charge in [0.15, 0.2) is 0 Å². The summed E-state index contributed by atoms with van der Waals surface area (Å²) in [5.41, 5.74) is 1.27. The lowest BCUT2D eigenvalue weighted by atomic mass is 10.0. The van der Waals surface area contributed by atoms with Crippen LogP contribution in [0.25, 0.3) is 11.4 Å². The number of hydrogen-bond acceptors (Lipinski definition) is 5. The van der Waals surface area contributed by atoms with Crippen molar-refractivity contribution in [3.05, 3.63) is 60.5 Å². The van der Waals surface area contributed by atoms with E-state index in [0.29, 0.717) is 17.2 Å². The van der Waals surface area contributed by atoms with Gasteiger partial charge in [0.1, 0.15) is 11.5 Å². The second-order valence-electron chi connectivity index (χ2n) is 6.95. The first-order valence-corrected chi connectivity index (χ1v) is 8.70. The van der Waals surface area contributed by atoms with Crippen molar-refractivity contribution >= 4 is 0 Å². The Balaban J connectivity index is 1.36. The number of rotatable bonds is 4. The third-order valence-corrected chi connectivity index (χ3v) is 5.28. The van der Waals surface area contributed by atoms with Gasteiger partial charge < -0.3 is 14.6 Å². The maximum atomic E-state index is 5.89. The lowest BCUT2D eigenvalue weighted by molar-refractivity contribution is 0.364. The Kier molecular flexibility index (Phi) is 3.35. The first-order chi connectivity index (χ1) is 12.3. The Hall–Kier alpha value is -2.66. The van der Waals surface area contributed by atoms with E-state index in [2.05, 4.69) is 15.5 Å². The zero-order chi connectivity index (χ0) is 16.7. The van der Waals surface area contributed by atoms with Gasteiger partial charge in [-0.3, -0.25) is 0 Å². The number of nitrogens with zero attached hydrogens (tertiary/aromatic N) is 2. The van der Waals surface area contributed by atoms with Crippen molar-refractivity contribution in [3.63, 3.8) is 0 Å². The van der Waals surface area contributed by atoms with E-state index in [1.807, 2.05) is 54.6 Å². The molecule has 2 aromatic carbocycles. The van der Waals surface area contributed by atoms with Crippen LogP contribution in [0.4, 0.5) is 0 Å². The van der Waals surface area contributed by atoms with Gasteiger partial charge in [-0.25, -0.2) is 0 Å². The molecule has 1 spiro atoms. The number of hydrogen-bond donors (Lipinski definition) is 1. The predicted octanol–water partition coefficient (Wildman–Crippen LogP) is 4.00. The van der Waals surface area contributed by atoms with Gasteiger partial charge in [-0.1, -0.05) is 35.5 Å². The molecule has 5 rings (SSSR count). The molecule has 2 atom stereocenters. The van der Waals surface area contributed by atoms with Crippen molar-refractivity contribution in [2.75, 3.05) is 13.1 Å². The molecule has 1 saturated carbocycles. The topological polar surface area (TPSA) is 60.2 Å². The molecule has 0 amide bonds. The second-order valence-corrected chi connectivity index (χ2v) is 6.95. The fraction of sp³-hybridized carbons (Fsp3) is 0.300. The van der Waals surface area contributed by atoms with Crippen LogP contribution in [0.5, 0.6) is 11.5 Å². The van der Waals surface area contributed by atoms with Gasteiger partial charge in [0.25, 0.3) is 0 Å². The van der Waals surface area contributed by atoms with Gasteiger partial charge in [-0.2, -0.15) is 4.98 Å². The Morgan fingerprint density at radius 2 is 1.96 bits per heavy atom. The third kappa shape index (κ3) is 2.70. The van der Waals surface area contributed by atoms with E-state index in [0.717, 1.165) is 42.5 Å². The molecule has 2 unspecified atom stereocenters. The summed E-state index contributed by atoms with van der Waals surface area (Å²) >= 11 is 0. The minimum Gasteiger partial charge on any atom is -0.457 e. The highest BCUT2D eigenvalue weighted by molar-refractivity contribution is 5.57. The molecule has 2 heterocycles. The van der Waals surface area contributed by atoms with Gasteiger partial charge in [-0.15, -0.1) is 0 Å². The van der Waals surface area contributed by atoms with Crippen LogP contribution < -0.4 is 10.1 Å². The van der Waals surface area contributed by atoms with Crippen molar-refractivity contribution in [1.82, 2.24) is 15.5 Å². The quantitative estimate of drug-likeness (QED) is 0.782. The molecular weight excluding hydrogens is 314 g/mol. The second kappa shape index (κ2) is 5.70. The molecule has 1 saturated heterocycles. The molecule has 1 aliphatic heterocycles. The molecule has 126 valence electrons. The number of nitrogens with one attached hydrogen (secondary N) is 1. The molecule has 2 fully saturated rings. The summed E-state index contributed by atoms with van der Waals surface area (Å²) < 4.78 is 11.4. The molecule has 5 heteroatoms. The Bertz CT molecular complexity index is 885. The Morgan fingerprint density at radius 3 is 2.80 bits per heavy atom. The largest absolute Gasteiger partial charge is 0.457 e. The SMILES string of the molecule is c1ccc(Oc2cccc(-c3noc(C4CC45CCNC5)n3)c2)cc1. The summed E-state index contributed by atoms with van der Waals surface area (Å²) in [5.74, 6) is 3.38. The van der Waals surface area contributed by atoms with E-state index >= 15 is 0 Å². The van der Waals surface area contributed by atoms with E-state index in [-0.39, 0.29) is 0 Å². The van der Waals surface area contributed by atoms with Crippen LogP contribution in [0.3, 0.4) is 0 Å². The lowest BCUT2D eigenvalue weighted by Crippen LogP contribution is -2.10. The standard InChI is InChI=1S/C20H19N3O2/c1-2-6-15(7-3-1)24-16-8-4-5-14(11-16)18-22-19(25-23-18)17-12-20(17)9-10-21-13-20/h1-8,11,17,21H,9-10,12-13H2. The number of benzene rings is 2. The van der Waals surface area contributed by atoms with Crippen LogP contribution in [0, 0.1) is 5.41 Å². The van der Waals surface area contributed by atoms with Gasteiger partial charge in [0.05, 0.1) is 0 Å². The molecule has 0 radical (unpaired) electrons. The van der Waals surface area contributed by atoms with Crippen molar-refractivity contribution < 1.29 is 9.26 Å². The summed E-state index contributed by atoms with van der Waals surface area (Å²) in [7, 11) is 0. The minimum absolute atomic E-state index is 0.363. The lowest BCUT2D eigenvalue weighted by Gasteiger charge is -2.06. The van der Waals surface area contributed by atoms with Crippen LogP contribution in [-0.2, 0) is 0 Å². The summed E-state index contributed by atoms with van der Waals surface area (Å²) in [4.78, 5) is 4.65. The van der Waals surface area contributed by atoms with Crippen molar-refractivity contribution in [2.45, 2.75) is 18.8 Å². The zero-order valence-corrected chi connectivity index (χ0v) is 13.8. The van der Waals surface area contributed by atoms with Crippen molar-refractivity contribution in [3.8, 4) is 22.9 Å². The molecule has 1 N–H and O–H groups in total. The van der Waals surface area contributed by atoms with Crippen LogP contribution in [0.2, 0.25) is 0 Å². The van der Waals surface area contributed by atoms with Crippen LogP contribution in [0.15, 0.2) is 59.1 Å². The van der Waals surface area contributed by atoms with Gasteiger partial charge >= 0.3 is 0 Å². The van der Waals surface area contributed by atoms with Gasteiger partial charge in [-0.05, 0) is 49.1 Å². The normalized spacial score (nSPS) is 24.6. The smallest absolute Gasteiger partial charge is 0.230 e. The first-order valence-electron chi connectivity index (χ1n) is 8.70. The Morgan fingerprint density at radius 1 is 1.08 bits per heavy atom. The molecule has 0 bridgehead atoms. The van der Waals surface area contributed by atoms with Gasteiger partial charge in [0, 0.05) is 18.0 Å². The van der Waals surface area contributed by atoms with Crippen LogP contribution in [-0.4, -0.2) is 23.2 Å². The summed E-state index contributed by atoms with van der Waals surface area (Å²) in [6, 6.07) is 17.5. The van der Waals surface area contributed by atoms with Gasteiger partial charge in [0.2, 0.25) is 11.7 Å². The molecule has 1 aromatic heterocycles. The highest BCUT2D eigenvalue weighted by Crippen LogP contribution is 2.62. The van der Waals surface area contributed by atoms with E-state index in [9.17, 15) is 0 Å². The van der Waals surface area contributed by atoms with E-state index in [1.165, 1.54) is 6.42 Å². The predicted molar refractivity (Wildman–Crippen MR) is 93.5 cm³/mol. The summed E-state index contributed by atoms with van der Waals surface area (Å²) in [5, 5.41) is 7.63. The van der Waals surface area contributed by atoms with E-state index < -0.39 is 0 Å². The molecule has 25 heavy (non-hydrogen) atoms. The minimum atomic E-state index is 0.363. The number of para-hydroxylation sites is 1. The molecule has 5 nitrogen and oxygen atoms in total. The maximum Gasteiger partial charge on any atom is 0.230 e. The van der Waals surface area contributed by atoms with Crippen LogP contribution >= 0.6 is 0 Å².